The summed E-state index contributed by atoms with van der Waals surface area (Å²) in [5, 5.41) is 22.7. The molecule has 0 spiro atoms. The van der Waals surface area contributed by atoms with Gasteiger partial charge in [0.15, 0.2) is 6.10 Å². The van der Waals surface area contributed by atoms with Gasteiger partial charge >= 0.3 is 0 Å². The number of phenolic OH excluding ortho intramolecular Hbond substituents is 1. The number of nitrogens with one attached hydrogen (secondary N) is 1. The molecule has 6 heteroatoms. The van der Waals surface area contributed by atoms with Crippen molar-refractivity contribution in [1.82, 2.24) is 5.32 Å². The minimum atomic E-state index is -1.33. The lowest BCUT2D eigenvalue weighted by Gasteiger charge is -2.12. The number of aromatic hydroxyl groups is 1. The quantitative estimate of drug-likeness (QED) is 0.783. The van der Waals surface area contributed by atoms with Gasteiger partial charge < -0.3 is 15.5 Å². The first-order valence-electron chi connectivity index (χ1n) is 6.65. The first kappa shape index (κ1) is 16.6. The van der Waals surface area contributed by atoms with Crippen LogP contribution in [-0.2, 0) is 11.2 Å². The number of hydrogen-bond donors (Lipinski definition) is 3. The Hall–Kier alpha value is -1.75. The summed E-state index contributed by atoms with van der Waals surface area (Å²) in [7, 11) is 0. The number of aliphatic hydroxyl groups is 1. The zero-order chi connectivity index (χ0) is 16.1. The highest BCUT2D eigenvalue weighted by Crippen LogP contribution is 2.23. The van der Waals surface area contributed by atoms with Gasteiger partial charge in [0.1, 0.15) is 5.75 Å². The highest BCUT2D eigenvalue weighted by molar-refractivity contribution is 6.34. The molecule has 22 heavy (non-hydrogen) atoms. The summed E-state index contributed by atoms with van der Waals surface area (Å²) in [6.45, 7) is 0.341. The van der Waals surface area contributed by atoms with E-state index in [9.17, 15) is 15.0 Å². The molecule has 0 saturated heterocycles. The Kier molecular flexibility index (Phi) is 5.66. The van der Waals surface area contributed by atoms with Crippen LogP contribution in [0.15, 0.2) is 42.5 Å². The number of amides is 1. The van der Waals surface area contributed by atoms with E-state index in [2.05, 4.69) is 5.32 Å². The lowest BCUT2D eigenvalue weighted by Crippen LogP contribution is -2.31. The Bertz CT molecular complexity index is 656. The molecule has 0 aliphatic carbocycles. The van der Waals surface area contributed by atoms with Gasteiger partial charge in [-0.05, 0) is 47.9 Å². The van der Waals surface area contributed by atoms with Gasteiger partial charge in [0.25, 0.3) is 5.91 Å². The third kappa shape index (κ3) is 4.63. The third-order valence-corrected chi connectivity index (χ3v) is 3.51. The number of benzene rings is 2. The van der Waals surface area contributed by atoms with E-state index in [4.69, 9.17) is 23.2 Å². The van der Waals surface area contributed by atoms with E-state index in [-0.39, 0.29) is 5.75 Å². The monoisotopic (exact) mass is 339 g/mol. The van der Waals surface area contributed by atoms with Crippen molar-refractivity contribution < 1.29 is 15.0 Å². The van der Waals surface area contributed by atoms with Crippen molar-refractivity contribution in [2.45, 2.75) is 12.5 Å². The van der Waals surface area contributed by atoms with Gasteiger partial charge in [-0.25, -0.2) is 0 Å². The lowest BCUT2D eigenvalue weighted by atomic mass is 10.1. The maximum Gasteiger partial charge on any atom is 0.253 e. The number of halogens is 2. The molecular weight excluding hydrogens is 325 g/mol. The normalized spacial score (nSPS) is 12.0. The molecule has 0 fully saturated rings. The largest absolute Gasteiger partial charge is 0.508 e. The average molecular weight is 340 g/mol. The minimum Gasteiger partial charge on any atom is -0.508 e. The molecule has 0 aromatic heterocycles. The minimum absolute atomic E-state index is 0.178. The van der Waals surface area contributed by atoms with Crippen molar-refractivity contribution in [2.75, 3.05) is 6.54 Å². The second kappa shape index (κ2) is 7.49. The Morgan fingerprint density at radius 1 is 1.14 bits per heavy atom. The fraction of sp³-hybridized carbons (Fsp3) is 0.188. The molecular formula is C16H15Cl2NO3. The summed E-state index contributed by atoms with van der Waals surface area (Å²) in [4.78, 5) is 11.9. The van der Waals surface area contributed by atoms with Crippen LogP contribution in [0.5, 0.6) is 5.75 Å². The predicted octanol–water partition coefficient (Wildman–Crippen LogP) is 3.09. The van der Waals surface area contributed by atoms with Crippen LogP contribution in [-0.4, -0.2) is 22.7 Å². The SMILES string of the molecule is O=C(NCCc1cccc(O)c1)C(O)c1cc(Cl)cc(Cl)c1. The van der Waals surface area contributed by atoms with Crippen molar-refractivity contribution in [3.05, 3.63) is 63.6 Å². The van der Waals surface area contributed by atoms with Crippen LogP contribution >= 0.6 is 23.2 Å². The molecule has 2 rings (SSSR count). The summed E-state index contributed by atoms with van der Waals surface area (Å²) in [6, 6.07) is 11.3. The molecule has 1 amide bonds. The van der Waals surface area contributed by atoms with Gasteiger partial charge in [-0.15, -0.1) is 0 Å². The fourth-order valence-corrected chi connectivity index (χ4v) is 2.57. The van der Waals surface area contributed by atoms with Crippen LogP contribution in [0.4, 0.5) is 0 Å². The molecule has 0 heterocycles. The number of aliphatic hydroxyl groups excluding tert-OH is 1. The van der Waals surface area contributed by atoms with E-state index in [0.717, 1.165) is 5.56 Å². The van der Waals surface area contributed by atoms with Gasteiger partial charge in [-0.3, -0.25) is 4.79 Å². The van der Waals surface area contributed by atoms with Gasteiger partial charge in [0, 0.05) is 16.6 Å². The van der Waals surface area contributed by atoms with Gasteiger partial charge in [0.2, 0.25) is 0 Å². The second-order valence-electron chi connectivity index (χ2n) is 4.82. The lowest BCUT2D eigenvalue weighted by molar-refractivity contribution is -0.129. The first-order chi connectivity index (χ1) is 10.5. The Labute approximate surface area is 138 Å². The highest BCUT2D eigenvalue weighted by Gasteiger charge is 2.17. The second-order valence-corrected chi connectivity index (χ2v) is 5.69. The molecule has 0 aliphatic rings. The molecule has 1 unspecified atom stereocenters. The summed E-state index contributed by atoms with van der Waals surface area (Å²) in [6.07, 6.45) is -0.788. The van der Waals surface area contributed by atoms with E-state index in [1.165, 1.54) is 18.2 Å². The van der Waals surface area contributed by atoms with E-state index < -0.39 is 12.0 Å². The van der Waals surface area contributed by atoms with Gasteiger partial charge in [-0.1, -0.05) is 35.3 Å². The molecule has 2 aromatic carbocycles. The van der Waals surface area contributed by atoms with Crippen LogP contribution in [0, 0.1) is 0 Å². The number of phenols is 1. The molecule has 0 bridgehead atoms. The molecule has 1 atom stereocenters. The standard InChI is InChI=1S/C16H15Cl2NO3/c17-12-7-11(8-13(18)9-12)15(21)16(22)19-5-4-10-2-1-3-14(20)6-10/h1-3,6-9,15,20-21H,4-5H2,(H,19,22). The number of rotatable bonds is 5. The van der Waals surface area contributed by atoms with Crippen molar-refractivity contribution in [3.63, 3.8) is 0 Å². The maximum absolute atomic E-state index is 11.9. The van der Waals surface area contributed by atoms with Gasteiger partial charge in [0.05, 0.1) is 0 Å². The topological polar surface area (TPSA) is 69.6 Å². The van der Waals surface area contributed by atoms with Crippen molar-refractivity contribution in [1.29, 1.82) is 0 Å². The number of hydrogen-bond acceptors (Lipinski definition) is 3. The molecule has 0 saturated carbocycles. The Morgan fingerprint density at radius 2 is 1.82 bits per heavy atom. The average Bonchev–Trinajstić information content (AvgIpc) is 2.45. The molecule has 3 N–H and O–H groups in total. The van der Waals surface area contributed by atoms with Gasteiger partial charge in [-0.2, -0.15) is 0 Å². The fourth-order valence-electron chi connectivity index (χ4n) is 2.02. The predicted molar refractivity (Wildman–Crippen MR) is 86.2 cm³/mol. The number of carbonyl (C=O) groups excluding carboxylic acids is 1. The van der Waals surface area contributed by atoms with Crippen LogP contribution < -0.4 is 5.32 Å². The van der Waals surface area contributed by atoms with Crippen LogP contribution in [0.25, 0.3) is 0 Å². The Morgan fingerprint density at radius 3 is 2.45 bits per heavy atom. The summed E-state index contributed by atoms with van der Waals surface area (Å²) in [5.41, 5.74) is 1.23. The smallest absolute Gasteiger partial charge is 0.253 e. The molecule has 2 aromatic rings. The molecule has 116 valence electrons. The highest BCUT2D eigenvalue weighted by atomic mass is 35.5. The van der Waals surface area contributed by atoms with Crippen LogP contribution in [0.2, 0.25) is 10.0 Å². The molecule has 4 nitrogen and oxygen atoms in total. The van der Waals surface area contributed by atoms with E-state index in [1.54, 1.807) is 18.2 Å². The summed E-state index contributed by atoms with van der Waals surface area (Å²) < 4.78 is 0. The summed E-state index contributed by atoms with van der Waals surface area (Å²) in [5.74, 6) is -0.351. The molecule has 0 radical (unpaired) electrons. The summed E-state index contributed by atoms with van der Waals surface area (Å²) >= 11 is 11.7. The van der Waals surface area contributed by atoms with Crippen LogP contribution in [0.3, 0.4) is 0 Å². The van der Waals surface area contributed by atoms with Crippen molar-refractivity contribution >= 4 is 29.1 Å². The van der Waals surface area contributed by atoms with E-state index in [1.807, 2.05) is 6.07 Å². The van der Waals surface area contributed by atoms with E-state index >= 15 is 0 Å². The zero-order valence-corrected chi connectivity index (χ0v) is 13.1. The number of carbonyl (C=O) groups is 1. The zero-order valence-electron chi connectivity index (χ0n) is 11.6. The van der Waals surface area contributed by atoms with Crippen molar-refractivity contribution in [3.8, 4) is 5.75 Å². The van der Waals surface area contributed by atoms with Crippen LogP contribution in [0.1, 0.15) is 17.2 Å². The maximum atomic E-state index is 11.9. The molecule has 0 aliphatic heterocycles. The van der Waals surface area contributed by atoms with Crippen molar-refractivity contribution in [2.24, 2.45) is 0 Å². The van der Waals surface area contributed by atoms with E-state index in [0.29, 0.717) is 28.6 Å². The Balaban J connectivity index is 1.91. The third-order valence-electron chi connectivity index (χ3n) is 3.07. The first-order valence-corrected chi connectivity index (χ1v) is 7.41.